The maximum atomic E-state index is 14.1. The molecule has 0 unspecified atom stereocenters. The first-order valence-corrected chi connectivity index (χ1v) is 11.5. The number of sulfonamides is 1. The van der Waals surface area contributed by atoms with E-state index in [9.17, 15) is 27.7 Å². The van der Waals surface area contributed by atoms with E-state index in [-0.39, 0.29) is 22.6 Å². The second-order valence-corrected chi connectivity index (χ2v) is 9.37. The van der Waals surface area contributed by atoms with E-state index < -0.39 is 31.3 Å². The van der Waals surface area contributed by atoms with Crippen LogP contribution in [0.5, 0.6) is 0 Å². The summed E-state index contributed by atoms with van der Waals surface area (Å²) in [7, 11) is -4.16. The van der Waals surface area contributed by atoms with Crippen LogP contribution in [0.1, 0.15) is 0 Å². The highest BCUT2D eigenvalue weighted by atomic mass is 79.9. The molecule has 1 heterocycles. The van der Waals surface area contributed by atoms with E-state index in [1.165, 1.54) is 48.5 Å². The minimum atomic E-state index is -4.16. The van der Waals surface area contributed by atoms with Crippen molar-refractivity contribution in [3.05, 3.63) is 97.6 Å². The lowest BCUT2D eigenvalue weighted by atomic mass is 10.1. The number of benzene rings is 3. The van der Waals surface area contributed by atoms with Crippen molar-refractivity contribution in [3.63, 3.8) is 0 Å². The molecule has 0 aliphatic carbocycles. The predicted molar refractivity (Wildman–Crippen MR) is 124 cm³/mol. The maximum absolute atomic E-state index is 14.1. The normalized spacial score (nSPS) is 11.3. The van der Waals surface area contributed by atoms with Crippen LogP contribution >= 0.6 is 15.9 Å². The molecule has 1 aromatic heterocycles. The SMILES string of the molecule is O=c1cc(Nc2ccc(NS(=O)(=O)c3ccc(Br)cc3F)cc2)c2cc([N+](=O)[O-])ccc2o1. The predicted octanol–water partition coefficient (Wildman–Crippen LogP) is 5.15. The monoisotopic (exact) mass is 533 g/mol. The molecule has 0 saturated heterocycles. The molecular formula is C21H13BrFN3O6S. The molecule has 0 radical (unpaired) electrons. The van der Waals surface area contributed by atoms with E-state index in [0.717, 1.165) is 18.2 Å². The molecule has 12 heteroatoms. The molecule has 0 spiro atoms. The summed E-state index contributed by atoms with van der Waals surface area (Å²) in [4.78, 5) is 21.9. The average Bonchev–Trinajstić information content (AvgIpc) is 2.74. The lowest BCUT2D eigenvalue weighted by Gasteiger charge is -2.11. The zero-order valence-corrected chi connectivity index (χ0v) is 18.8. The smallest absolute Gasteiger partial charge is 0.338 e. The van der Waals surface area contributed by atoms with Gasteiger partial charge in [-0.3, -0.25) is 14.8 Å². The lowest BCUT2D eigenvalue weighted by molar-refractivity contribution is -0.384. The van der Waals surface area contributed by atoms with Crippen molar-refractivity contribution in [1.29, 1.82) is 0 Å². The van der Waals surface area contributed by atoms with Gasteiger partial charge in [0.05, 0.1) is 10.6 Å². The summed E-state index contributed by atoms with van der Waals surface area (Å²) in [6.07, 6.45) is 0. The van der Waals surface area contributed by atoms with Crippen molar-refractivity contribution in [2.75, 3.05) is 10.0 Å². The maximum Gasteiger partial charge on any atom is 0.338 e. The van der Waals surface area contributed by atoms with Crippen molar-refractivity contribution in [1.82, 2.24) is 0 Å². The molecule has 0 amide bonds. The van der Waals surface area contributed by atoms with E-state index in [4.69, 9.17) is 4.42 Å². The van der Waals surface area contributed by atoms with E-state index in [0.29, 0.717) is 15.5 Å². The molecule has 0 aliphatic heterocycles. The molecule has 4 aromatic rings. The zero-order chi connectivity index (χ0) is 23.8. The number of nitrogens with zero attached hydrogens (tertiary/aromatic N) is 1. The minimum Gasteiger partial charge on any atom is -0.423 e. The Kier molecular flexibility index (Phi) is 5.87. The Labute approximate surface area is 194 Å². The van der Waals surface area contributed by atoms with E-state index >= 15 is 0 Å². The number of rotatable bonds is 6. The van der Waals surface area contributed by atoms with Crippen molar-refractivity contribution in [3.8, 4) is 0 Å². The Morgan fingerprint density at radius 3 is 2.33 bits per heavy atom. The summed E-state index contributed by atoms with van der Waals surface area (Å²) >= 11 is 3.07. The molecule has 2 N–H and O–H groups in total. The highest BCUT2D eigenvalue weighted by Gasteiger charge is 2.19. The van der Waals surface area contributed by atoms with Crippen molar-refractivity contribution in [2.45, 2.75) is 4.90 Å². The third kappa shape index (κ3) is 4.86. The molecule has 33 heavy (non-hydrogen) atoms. The largest absolute Gasteiger partial charge is 0.423 e. The van der Waals surface area contributed by atoms with Crippen molar-refractivity contribution < 1.29 is 22.1 Å². The van der Waals surface area contributed by atoms with Gasteiger partial charge in [0.1, 0.15) is 16.3 Å². The van der Waals surface area contributed by atoms with Crippen LogP contribution in [0.3, 0.4) is 0 Å². The third-order valence-corrected chi connectivity index (χ3v) is 6.44. The Bertz CT molecular complexity index is 1560. The van der Waals surface area contributed by atoms with Gasteiger partial charge in [0.25, 0.3) is 15.7 Å². The number of nitrogens with one attached hydrogen (secondary N) is 2. The van der Waals surface area contributed by atoms with E-state index in [1.54, 1.807) is 0 Å². The molecule has 0 atom stereocenters. The van der Waals surface area contributed by atoms with Gasteiger partial charge in [-0.1, -0.05) is 15.9 Å². The molecule has 4 rings (SSSR count). The summed E-state index contributed by atoms with van der Waals surface area (Å²) in [6.45, 7) is 0. The number of hydrogen-bond acceptors (Lipinski definition) is 7. The van der Waals surface area contributed by atoms with Crippen LogP contribution in [0, 0.1) is 15.9 Å². The van der Waals surface area contributed by atoms with Gasteiger partial charge in [-0.05, 0) is 48.5 Å². The topological polar surface area (TPSA) is 132 Å². The van der Waals surface area contributed by atoms with Crippen LogP contribution in [0.4, 0.5) is 27.1 Å². The average molecular weight is 534 g/mol. The van der Waals surface area contributed by atoms with Crippen molar-refractivity contribution >= 4 is 59.7 Å². The van der Waals surface area contributed by atoms with Gasteiger partial charge in [0.15, 0.2) is 0 Å². The van der Waals surface area contributed by atoms with Crippen LogP contribution < -0.4 is 15.7 Å². The number of hydrogen-bond donors (Lipinski definition) is 2. The molecule has 3 aromatic carbocycles. The summed E-state index contributed by atoms with van der Waals surface area (Å²) < 4.78 is 46.8. The van der Waals surface area contributed by atoms with Gasteiger partial charge in [-0.25, -0.2) is 17.6 Å². The first-order chi connectivity index (χ1) is 15.6. The van der Waals surface area contributed by atoms with Gasteiger partial charge < -0.3 is 9.73 Å². The molecule has 0 aliphatic rings. The molecule has 0 fully saturated rings. The number of non-ortho nitro benzene ring substituents is 1. The first-order valence-electron chi connectivity index (χ1n) is 9.20. The summed E-state index contributed by atoms with van der Waals surface area (Å²) in [5, 5.41) is 14.4. The van der Waals surface area contributed by atoms with Crippen LogP contribution in [-0.4, -0.2) is 13.3 Å². The standard InChI is InChI=1S/C21H13BrFN3O6S/c22-12-1-8-20(17(23)9-12)33(30,31)25-14-4-2-13(3-5-14)24-18-11-21(27)32-19-7-6-15(26(28)29)10-16(18)19/h1-11,24-25H. The zero-order valence-electron chi connectivity index (χ0n) is 16.4. The molecular weight excluding hydrogens is 521 g/mol. The third-order valence-electron chi connectivity index (χ3n) is 4.54. The second kappa shape index (κ2) is 8.64. The quantitative estimate of drug-likeness (QED) is 0.199. The van der Waals surface area contributed by atoms with Crippen LogP contribution in [-0.2, 0) is 10.0 Å². The van der Waals surface area contributed by atoms with E-state index in [1.807, 2.05) is 0 Å². The number of nitro benzene ring substituents is 1. The number of nitro groups is 1. The highest BCUT2D eigenvalue weighted by Crippen LogP contribution is 2.29. The summed E-state index contributed by atoms with van der Waals surface area (Å²) in [5.74, 6) is -0.904. The number of anilines is 3. The summed E-state index contributed by atoms with van der Waals surface area (Å²) in [6, 6.07) is 14.5. The fourth-order valence-electron chi connectivity index (χ4n) is 3.05. The van der Waals surface area contributed by atoms with Crippen LogP contribution in [0.25, 0.3) is 11.0 Å². The van der Waals surface area contributed by atoms with Crippen molar-refractivity contribution in [2.24, 2.45) is 0 Å². The Morgan fingerprint density at radius 1 is 0.970 bits per heavy atom. The van der Waals surface area contributed by atoms with Gasteiger partial charge in [0.2, 0.25) is 0 Å². The molecule has 0 bridgehead atoms. The molecule has 0 saturated carbocycles. The Hall–Kier alpha value is -3.77. The second-order valence-electron chi connectivity index (χ2n) is 6.80. The lowest BCUT2D eigenvalue weighted by Crippen LogP contribution is -2.14. The van der Waals surface area contributed by atoms with Gasteiger partial charge in [0, 0.05) is 39.4 Å². The molecule has 168 valence electrons. The minimum absolute atomic E-state index is 0.163. The fraction of sp³-hybridized carbons (Fsp3) is 0. The highest BCUT2D eigenvalue weighted by molar-refractivity contribution is 9.10. The van der Waals surface area contributed by atoms with Gasteiger partial charge >= 0.3 is 5.63 Å². The number of halogens is 2. The summed E-state index contributed by atoms with van der Waals surface area (Å²) in [5.41, 5.74) is 0.248. The van der Waals surface area contributed by atoms with Gasteiger partial charge in [-0.15, -0.1) is 0 Å². The molecule has 9 nitrogen and oxygen atoms in total. The van der Waals surface area contributed by atoms with Crippen LogP contribution in [0.2, 0.25) is 0 Å². The van der Waals surface area contributed by atoms with Gasteiger partial charge in [-0.2, -0.15) is 0 Å². The van der Waals surface area contributed by atoms with E-state index in [2.05, 4.69) is 26.0 Å². The fourth-order valence-corrected chi connectivity index (χ4v) is 4.50. The Balaban J connectivity index is 1.60. The first kappa shape index (κ1) is 22.4. The Morgan fingerprint density at radius 2 is 1.67 bits per heavy atom. The van der Waals surface area contributed by atoms with Crippen LogP contribution in [0.15, 0.2) is 85.3 Å². The number of fused-ring (bicyclic) bond motifs is 1.